The van der Waals surface area contributed by atoms with E-state index in [1.165, 1.54) is 180 Å². The lowest BCUT2D eigenvalue weighted by Crippen LogP contribution is -2.46. The van der Waals surface area contributed by atoms with E-state index in [1.807, 2.05) is 21.1 Å². The maximum Gasteiger partial charge on any atom is 0.472 e. The van der Waals surface area contributed by atoms with Crippen molar-refractivity contribution in [2.75, 3.05) is 40.9 Å². The summed E-state index contributed by atoms with van der Waals surface area (Å²) in [7, 11) is 1.63. The van der Waals surface area contributed by atoms with Crippen molar-refractivity contribution in [3.05, 3.63) is 0 Å². The van der Waals surface area contributed by atoms with Crippen LogP contribution in [0.2, 0.25) is 0 Å². The molecule has 0 fully saturated rings. The second-order valence-corrected chi connectivity index (χ2v) is 19.7. The van der Waals surface area contributed by atoms with Gasteiger partial charge in [-0.25, -0.2) is 4.57 Å². The maximum absolute atomic E-state index is 12.9. The Bertz CT molecular complexity index is 885. The van der Waals surface area contributed by atoms with Gasteiger partial charge in [-0.1, -0.05) is 226 Å². The molecule has 0 heterocycles. The summed E-state index contributed by atoms with van der Waals surface area (Å²) in [5, 5.41) is 14.0. The Morgan fingerprint density at radius 2 is 0.857 bits per heavy atom. The molecule has 3 N–H and O–H groups in total. The summed E-state index contributed by atoms with van der Waals surface area (Å²) in [4.78, 5) is 23.2. The third-order valence-electron chi connectivity index (χ3n) is 11.4. The van der Waals surface area contributed by atoms with Crippen molar-refractivity contribution in [2.45, 2.75) is 257 Å². The summed E-state index contributed by atoms with van der Waals surface area (Å²) in [6, 6.07) is -0.753. The van der Waals surface area contributed by atoms with Gasteiger partial charge in [-0.05, 0) is 12.8 Å². The molecule has 0 aliphatic carbocycles. The highest BCUT2D eigenvalue weighted by molar-refractivity contribution is 7.47. The van der Waals surface area contributed by atoms with E-state index < -0.39 is 20.0 Å². The highest BCUT2D eigenvalue weighted by Crippen LogP contribution is 2.43. The maximum atomic E-state index is 12.9. The number of likely N-dealkylation sites (N-methyl/N-ethyl adjacent to an activating group) is 1. The minimum absolute atomic E-state index is 0.0788. The van der Waals surface area contributed by atoms with Crippen LogP contribution in [0, 0.1) is 0 Å². The smallest absolute Gasteiger partial charge is 0.391 e. The van der Waals surface area contributed by atoms with Crippen LogP contribution in [0.4, 0.5) is 0 Å². The molecule has 0 saturated heterocycles. The summed E-state index contributed by atoms with van der Waals surface area (Å²) < 4.78 is 23.7. The predicted molar refractivity (Wildman–Crippen MR) is 240 cm³/mol. The normalized spacial score (nSPS) is 14.2. The number of carbonyl (C=O) groups is 1. The second-order valence-electron chi connectivity index (χ2n) is 18.2. The lowest BCUT2D eigenvalue weighted by atomic mass is 10.0. The van der Waals surface area contributed by atoms with Gasteiger partial charge in [0.25, 0.3) is 0 Å². The van der Waals surface area contributed by atoms with Crippen LogP contribution >= 0.6 is 7.82 Å². The molecule has 0 saturated carbocycles. The van der Waals surface area contributed by atoms with Crippen molar-refractivity contribution in [1.29, 1.82) is 0 Å². The minimum Gasteiger partial charge on any atom is -0.391 e. The molecule has 8 nitrogen and oxygen atoms in total. The molecule has 1 amide bonds. The first kappa shape index (κ1) is 55.5. The molecule has 1 unspecified atom stereocenters. The summed E-state index contributed by atoms with van der Waals surface area (Å²) in [6.07, 6.45) is 44.1. The van der Waals surface area contributed by atoms with Crippen LogP contribution in [-0.2, 0) is 18.4 Å². The third kappa shape index (κ3) is 41.7. The fraction of sp³-hybridized carbons (Fsp3) is 0.979. The number of rotatable bonds is 45. The van der Waals surface area contributed by atoms with Crippen molar-refractivity contribution in [1.82, 2.24) is 5.32 Å². The number of aliphatic hydroxyl groups excluding tert-OH is 1. The molecule has 0 aliphatic heterocycles. The van der Waals surface area contributed by atoms with E-state index in [4.69, 9.17) is 9.05 Å². The van der Waals surface area contributed by atoms with Gasteiger partial charge in [-0.2, -0.15) is 0 Å². The zero-order valence-electron chi connectivity index (χ0n) is 38.2. The first-order valence-electron chi connectivity index (χ1n) is 24.4. The predicted octanol–water partition coefficient (Wildman–Crippen LogP) is 13.8. The van der Waals surface area contributed by atoms with Crippen LogP contribution in [0.1, 0.15) is 245 Å². The molecule has 0 rings (SSSR count). The molecule has 56 heavy (non-hydrogen) atoms. The minimum atomic E-state index is -4.31. The number of aliphatic hydroxyl groups is 1. The van der Waals surface area contributed by atoms with Gasteiger partial charge in [-0.15, -0.1) is 0 Å². The number of hydrogen-bond donors (Lipinski definition) is 3. The van der Waals surface area contributed by atoms with Crippen molar-refractivity contribution in [2.24, 2.45) is 0 Å². The van der Waals surface area contributed by atoms with Gasteiger partial charge in [0.05, 0.1) is 39.9 Å². The Hall–Kier alpha value is -0.500. The quantitative estimate of drug-likeness (QED) is 0.0321. The SMILES string of the molecule is CCCCCCCCCCCCCCCCCCCCCC(=O)N[C@@H](COP(=O)(O)OCC[N+](C)(C)C)[C@H](O)CCCCCCCCCCCCCCCCC. The molecule has 9 heteroatoms. The molecule has 0 aromatic rings. The Kier molecular flexibility index (Phi) is 39.6. The summed E-state index contributed by atoms with van der Waals surface area (Å²) in [5.41, 5.74) is 0. The number of phosphoric ester groups is 1. The number of nitrogens with one attached hydrogen (secondary N) is 1. The Labute approximate surface area is 349 Å². The number of quaternary nitrogens is 1. The van der Waals surface area contributed by atoms with E-state index >= 15 is 0 Å². The van der Waals surface area contributed by atoms with Crippen molar-refractivity contribution < 1.29 is 32.9 Å². The van der Waals surface area contributed by atoms with Crippen molar-refractivity contribution in [3.8, 4) is 0 Å². The lowest BCUT2D eigenvalue weighted by Gasteiger charge is -2.26. The van der Waals surface area contributed by atoms with E-state index in [9.17, 15) is 19.4 Å². The van der Waals surface area contributed by atoms with Gasteiger partial charge in [0, 0.05) is 6.42 Å². The van der Waals surface area contributed by atoms with Crippen LogP contribution in [0.25, 0.3) is 0 Å². The summed E-state index contributed by atoms with van der Waals surface area (Å²) >= 11 is 0. The van der Waals surface area contributed by atoms with E-state index in [0.717, 1.165) is 38.5 Å². The largest absolute Gasteiger partial charge is 0.472 e. The zero-order valence-corrected chi connectivity index (χ0v) is 39.0. The number of amides is 1. The van der Waals surface area contributed by atoms with Crippen LogP contribution < -0.4 is 5.32 Å². The van der Waals surface area contributed by atoms with E-state index in [1.54, 1.807) is 0 Å². The molecular formula is C47H98N2O6P+. The Morgan fingerprint density at radius 3 is 1.20 bits per heavy atom. The van der Waals surface area contributed by atoms with E-state index in [2.05, 4.69) is 19.2 Å². The van der Waals surface area contributed by atoms with Crippen LogP contribution in [0.15, 0.2) is 0 Å². The molecule has 336 valence electrons. The number of hydrogen-bond acceptors (Lipinski definition) is 5. The molecule has 0 radical (unpaired) electrons. The highest BCUT2D eigenvalue weighted by atomic mass is 31.2. The first-order valence-corrected chi connectivity index (χ1v) is 25.9. The Balaban J connectivity index is 4.25. The molecule has 0 spiro atoms. The van der Waals surface area contributed by atoms with E-state index in [-0.39, 0.29) is 19.1 Å². The average molecular weight is 818 g/mol. The van der Waals surface area contributed by atoms with Crippen molar-refractivity contribution in [3.63, 3.8) is 0 Å². The van der Waals surface area contributed by atoms with E-state index in [0.29, 0.717) is 23.9 Å². The second kappa shape index (κ2) is 39.9. The molecule has 0 aromatic heterocycles. The standard InChI is InChI=1S/C47H97N2O6P/c1-6-8-10-12-14-16-18-20-22-23-24-25-27-29-31-33-35-37-39-41-47(51)48-45(44-55-56(52,53)54-43-42-49(3,4)5)46(50)40-38-36-34-32-30-28-26-21-19-17-15-13-11-9-7-2/h45-46,50H,6-44H2,1-5H3,(H-,48,51,52,53)/p+1/t45-,46+/m0/s1. The number of phosphoric acid groups is 1. The van der Waals surface area contributed by atoms with Gasteiger partial charge >= 0.3 is 7.82 Å². The number of carbonyl (C=O) groups excluding carboxylic acids is 1. The first-order chi connectivity index (χ1) is 27.0. The van der Waals surface area contributed by atoms with Crippen molar-refractivity contribution >= 4 is 13.7 Å². The third-order valence-corrected chi connectivity index (χ3v) is 12.3. The van der Waals surface area contributed by atoms with Gasteiger partial charge in [0.15, 0.2) is 0 Å². The average Bonchev–Trinajstić information content (AvgIpc) is 3.15. The molecule has 0 bridgehead atoms. The van der Waals surface area contributed by atoms with Gasteiger partial charge in [0.2, 0.25) is 5.91 Å². The molecule has 0 aliphatic rings. The summed E-state index contributed by atoms with van der Waals surface area (Å²) in [5.74, 6) is -0.139. The Morgan fingerprint density at radius 1 is 0.536 bits per heavy atom. The van der Waals surface area contributed by atoms with Crippen LogP contribution in [0.5, 0.6) is 0 Å². The van der Waals surface area contributed by atoms with Crippen LogP contribution in [0.3, 0.4) is 0 Å². The summed E-state index contributed by atoms with van der Waals surface area (Å²) in [6.45, 7) is 4.92. The molecule has 3 atom stereocenters. The van der Waals surface area contributed by atoms with Gasteiger partial charge in [0.1, 0.15) is 13.2 Å². The zero-order chi connectivity index (χ0) is 41.4. The fourth-order valence-corrected chi connectivity index (χ4v) is 8.20. The fourth-order valence-electron chi connectivity index (χ4n) is 7.46. The van der Waals surface area contributed by atoms with Gasteiger partial charge in [-0.3, -0.25) is 13.8 Å². The van der Waals surface area contributed by atoms with Gasteiger partial charge < -0.3 is 19.8 Å². The molecular weight excluding hydrogens is 719 g/mol. The molecule has 0 aromatic carbocycles. The number of unbranched alkanes of at least 4 members (excludes halogenated alkanes) is 32. The number of nitrogens with zero attached hydrogens (tertiary/aromatic N) is 1. The topological polar surface area (TPSA) is 105 Å². The lowest BCUT2D eigenvalue weighted by molar-refractivity contribution is -0.870. The highest BCUT2D eigenvalue weighted by Gasteiger charge is 2.28. The monoisotopic (exact) mass is 818 g/mol. The van der Waals surface area contributed by atoms with Crippen LogP contribution in [-0.4, -0.2) is 73.4 Å².